The minimum absolute atomic E-state index is 0.109. The van der Waals surface area contributed by atoms with Crippen LogP contribution in [-0.4, -0.2) is 45.9 Å². The molecule has 0 amide bonds. The number of thiophene rings is 1. The SMILES string of the molecule is CCCn1c(Cn2cnc3sccc3c2=O)nc2cc(S(=O)(=O)N(C)C)ccc21. The Hall–Kier alpha value is -2.56. The van der Waals surface area contributed by atoms with Crippen molar-refractivity contribution >= 4 is 42.6 Å². The highest BCUT2D eigenvalue weighted by molar-refractivity contribution is 7.89. The minimum atomic E-state index is -3.55. The lowest BCUT2D eigenvalue weighted by Crippen LogP contribution is -2.22. The predicted molar refractivity (Wildman–Crippen MR) is 114 cm³/mol. The molecule has 0 aliphatic carbocycles. The standard InChI is InChI=1S/C19H21N5O3S2/c1-4-8-24-16-6-5-13(29(26,27)22(2)3)10-15(16)21-17(24)11-23-12-20-18-14(19(23)25)7-9-28-18/h5-7,9-10,12H,4,8,11H2,1-3H3. The summed E-state index contributed by atoms with van der Waals surface area (Å²) in [5, 5.41) is 2.44. The average molecular weight is 432 g/mol. The summed E-state index contributed by atoms with van der Waals surface area (Å²) >= 11 is 1.43. The summed E-state index contributed by atoms with van der Waals surface area (Å²) in [4.78, 5) is 22.7. The lowest BCUT2D eigenvalue weighted by Gasteiger charge is -2.11. The maximum absolute atomic E-state index is 12.7. The predicted octanol–water partition coefficient (Wildman–Crippen LogP) is 2.52. The first-order valence-corrected chi connectivity index (χ1v) is 11.5. The summed E-state index contributed by atoms with van der Waals surface area (Å²) in [7, 11) is -0.546. The van der Waals surface area contributed by atoms with E-state index in [9.17, 15) is 13.2 Å². The normalized spacial score (nSPS) is 12.4. The summed E-state index contributed by atoms with van der Waals surface area (Å²) in [5.41, 5.74) is 1.33. The van der Waals surface area contributed by atoms with Crippen molar-refractivity contribution in [1.29, 1.82) is 0 Å². The number of imidazole rings is 1. The quantitative estimate of drug-likeness (QED) is 0.468. The van der Waals surface area contributed by atoms with E-state index >= 15 is 0 Å². The Labute approximate surface area is 172 Å². The molecule has 0 aliphatic rings. The molecule has 0 atom stereocenters. The van der Waals surface area contributed by atoms with E-state index in [1.165, 1.54) is 29.7 Å². The van der Waals surface area contributed by atoms with E-state index in [-0.39, 0.29) is 17.0 Å². The molecule has 0 aliphatic heterocycles. The highest BCUT2D eigenvalue weighted by Gasteiger charge is 2.20. The van der Waals surface area contributed by atoms with Crippen LogP contribution in [0.2, 0.25) is 0 Å². The first-order valence-electron chi connectivity index (χ1n) is 9.17. The molecule has 3 aromatic heterocycles. The van der Waals surface area contributed by atoms with E-state index in [1.807, 2.05) is 9.95 Å². The van der Waals surface area contributed by atoms with Crippen molar-refractivity contribution in [3.05, 3.63) is 52.2 Å². The van der Waals surface area contributed by atoms with Gasteiger partial charge in [-0.2, -0.15) is 0 Å². The molecule has 29 heavy (non-hydrogen) atoms. The van der Waals surface area contributed by atoms with E-state index in [0.29, 0.717) is 28.1 Å². The lowest BCUT2D eigenvalue weighted by molar-refractivity contribution is 0.521. The zero-order valence-electron chi connectivity index (χ0n) is 16.4. The lowest BCUT2D eigenvalue weighted by atomic mass is 10.3. The molecule has 10 heteroatoms. The Morgan fingerprint density at radius 1 is 1.21 bits per heavy atom. The maximum Gasteiger partial charge on any atom is 0.262 e. The molecule has 0 bridgehead atoms. The topological polar surface area (TPSA) is 90.1 Å². The summed E-state index contributed by atoms with van der Waals surface area (Å²) in [6.07, 6.45) is 2.42. The molecule has 0 N–H and O–H groups in total. The molecule has 0 unspecified atom stereocenters. The minimum Gasteiger partial charge on any atom is -0.326 e. The second-order valence-corrected chi connectivity index (χ2v) is 9.98. The van der Waals surface area contributed by atoms with Crippen LogP contribution in [0.4, 0.5) is 0 Å². The molecule has 152 valence electrons. The van der Waals surface area contributed by atoms with Gasteiger partial charge in [0.15, 0.2) is 0 Å². The van der Waals surface area contributed by atoms with Gasteiger partial charge in [-0.25, -0.2) is 22.7 Å². The van der Waals surface area contributed by atoms with Gasteiger partial charge in [-0.3, -0.25) is 9.36 Å². The zero-order valence-corrected chi connectivity index (χ0v) is 18.0. The van der Waals surface area contributed by atoms with Crippen molar-refractivity contribution in [2.45, 2.75) is 31.3 Å². The van der Waals surface area contributed by atoms with Gasteiger partial charge in [0.25, 0.3) is 5.56 Å². The summed E-state index contributed by atoms with van der Waals surface area (Å²) < 4.78 is 29.7. The molecule has 4 aromatic rings. The van der Waals surface area contributed by atoms with Crippen LogP contribution in [0.3, 0.4) is 0 Å². The Kier molecular flexibility index (Phi) is 5.01. The largest absolute Gasteiger partial charge is 0.326 e. The van der Waals surface area contributed by atoms with Gasteiger partial charge in [0.1, 0.15) is 10.7 Å². The van der Waals surface area contributed by atoms with E-state index < -0.39 is 10.0 Å². The van der Waals surface area contributed by atoms with E-state index in [1.54, 1.807) is 35.2 Å². The molecule has 8 nitrogen and oxygen atoms in total. The number of benzene rings is 1. The summed E-state index contributed by atoms with van der Waals surface area (Å²) in [5.74, 6) is 0.694. The molecule has 0 saturated heterocycles. The van der Waals surface area contributed by atoms with Crippen LogP contribution in [0.5, 0.6) is 0 Å². The van der Waals surface area contributed by atoms with Crippen molar-refractivity contribution < 1.29 is 8.42 Å². The molecule has 4 rings (SSSR count). The number of nitrogens with zero attached hydrogens (tertiary/aromatic N) is 5. The first-order chi connectivity index (χ1) is 13.8. The summed E-state index contributed by atoms with van der Waals surface area (Å²) in [6, 6.07) is 6.74. The number of aryl methyl sites for hydroxylation is 1. The Morgan fingerprint density at radius 3 is 2.72 bits per heavy atom. The first kappa shape index (κ1) is 19.7. The van der Waals surface area contributed by atoms with Crippen LogP contribution >= 0.6 is 11.3 Å². The van der Waals surface area contributed by atoms with Crippen molar-refractivity contribution in [2.24, 2.45) is 0 Å². The van der Waals surface area contributed by atoms with Crippen LogP contribution in [0.1, 0.15) is 19.2 Å². The van der Waals surface area contributed by atoms with Crippen LogP contribution < -0.4 is 5.56 Å². The average Bonchev–Trinajstić information content (AvgIpc) is 3.29. The second-order valence-electron chi connectivity index (χ2n) is 6.93. The molecule has 0 fully saturated rings. The van der Waals surface area contributed by atoms with Crippen molar-refractivity contribution in [2.75, 3.05) is 14.1 Å². The van der Waals surface area contributed by atoms with Gasteiger partial charge in [-0.15, -0.1) is 11.3 Å². The van der Waals surface area contributed by atoms with Crippen LogP contribution in [0, 0.1) is 0 Å². The van der Waals surface area contributed by atoms with Gasteiger partial charge < -0.3 is 4.57 Å². The fourth-order valence-electron chi connectivity index (χ4n) is 3.28. The molecule has 1 aromatic carbocycles. The Balaban J connectivity index is 1.83. The van der Waals surface area contributed by atoms with Crippen LogP contribution in [0.15, 0.2) is 45.7 Å². The molecule has 3 heterocycles. The number of sulfonamides is 1. The number of rotatable bonds is 6. The maximum atomic E-state index is 12.7. The monoisotopic (exact) mass is 431 g/mol. The third-order valence-corrected chi connectivity index (χ3v) is 7.42. The van der Waals surface area contributed by atoms with E-state index in [0.717, 1.165) is 11.9 Å². The molecule has 0 saturated carbocycles. The third kappa shape index (κ3) is 3.37. The third-order valence-electron chi connectivity index (χ3n) is 4.79. The van der Waals surface area contributed by atoms with Crippen molar-refractivity contribution in [3.63, 3.8) is 0 Å². The Bertz CT molecular complexity index is 1370. The smallest absolute Gasteiger partial charge is 0.262 e. The summed E-state index contributed by atoms with van der Waals surface area (Å²) in [6.45, 7) is 3.04. The number of fused-ring (bicyclic) bond motifs is 2. The molecule has 0 radical (unpaired) electrons. The Morgan fingerprint density at radius 2 is 2.00 bits per heavy atom. The van der Waals surface area contributed by atoms with Gasteiger partial charge >= 0.3 is 0 Å². The fourth-order valence-corrected chi connectivity index (χ4v) is 4.93. The highest BCUT2D eigenvalue weighted by Crippen LogP contribution is 2.23. The van der Waals surface area contributed by atoms with Crippen LogP contribution in [0.25, 0.3) is 21.3 Å². The van der Waals surface area contributed by atoms with Gasteiger partial charge in [-0.1, -0.05) is 6.92 Å². The second kappa shape index (κ2) is 7.36. The fraction of sp³-hybridized carbons (Fsp3) is 0.316. The van der Waals surface area contributed by atoms with Gasteiger partial charge in [-0.05, 0) is 36.1 Å². The van der Waals surface area contributed by atoms with Crippen molar-refractivity contribution in [3.8, 4) is 0 Å². The van der Waals surface area contributed by atoms with E-state index in [2.05, 4.69) is 16.9 Å². The van der Waals surface area contributed by atoms with Gasteiger partial charge in [0.05, 0.1) is 34.2 Å². The van der Waals surface area contributed by atoms with Crippen molar-refractivity contribution in [1.82, 2.24) is 23.4 Å². The number of hydrogen-bond donors (Lipinski definition) is 0. The molecule has 0 spiro atoms. The zero-order chi connectivity index (χ0) is 20.8. The highest BCUT2D eigenvalue weighted by atomic mass is 32.2. The molecular formula is C19H21N5O3S2. The van der Waals surface area contributed by atoms with Gasteiger partial charge in [0, 0.05) is 20.6 Å². The molecular weight excluding hydrogens is 410 g/mol. The van der Waals surface area contributed by atoms with Crippen LogP contribution in [-0.2, 0) is 23.1 Å². The van der Waals surface area contributed by atoms with Gasteiger partial charge in [0.2, 0.25) is 10.0 Å². The van der Waals surface area contributed by atoms with E-state index in [4.69, 9.17) is 0 Å². The number of aromatic nitrogens is 4. The number of hydrogen-bond acceptors (Lipinski definition) is 6.